The minimum Gasteiger partial charge on any atom is -0.492 e. The van der Waals surface area contributed by atoms with Crippen molar-refractivity contribution in [1.82, 2.24) is 10.3 Å². The van der Waals surface area contributed by atoms with Gasteiger partial charge in [-0.3, -0.25) is 0 Å². The van der Waals surface area contributed by atoms with E-state index in [1.165, 1.54) is 21.1 Å². The van der Waals surface area contributed by atoms with Gasteiger partial charge in [-0.15, -0.1) is 11.3 Å². The third-order valence-electron chi connectivity index (χ3n) is 3.84. The van der Waals surface area contributed by atoms with Gasteiger partial charge in [0.05, 0.1) is 11.6 Å². The van der Waals surface area contributed by atoms with Crippen LogP contribution in [0.2, 0.25) is 0 Å². The summed E-state index contributed by atoms with van der Waals surface area (Å²) in [4.78, 5) is 6.27. The molecule has 1 aromatic carbocycles. The molecule has 112 valence electrons. The van der Waals surface area contributed by atoms with Crippen LogP contribution in [0.15, 0.2) is 24.3 Å². The van der Waals surface area contributed by atoms with Crippen molar-refractivity contribution >= 4 is 11.3 Å². The van der Waals surface area contributed by atoms with Gasteiger partial charge in [0.2, 0.25) is 0 Å². The molecule has 0 saturated heterocycles. The molecule has 3 nitrogen and oxygen atoms in total. The molecule has 0 amide bonds. The molecule has 1 atom stereocenters. The average Bonchev–Trinajstić information content (AvgIpc) is 3.11. The summed E-state index contributed by atoms with van der Waals surface area (Å²) in [5.41, 5.74) is 2.52. The van der Waals surface area contributed by atoms with Gasteiger partial charge >= 0.3 is 0 Å². The van der Waals surface area contributed by atoms with Crippen molar-refractivity contribution in [1.29, 1.82) is 0 Å². The van der Waals surface area contributed by atoms with Crippen LogP contribution in [0.1, 0.15) is 47.3 Å². The fourth-order valence-corrected chi connectivity index (χ4v) is 3.94. The molecule has 0 aliphatic carbocycles. The van der Waals surface area contributed by atoms with Crippen LogP contribution in [-0.4, -0.2) is 18.1 Å². The number of benzene rings is 1. The summed E-state index contributed by atoms with van der Waals surface area (Å²) in [6.07, 6.45) is 2.16. The summed E-state index contributed by atoms with van der Waals surface area (Å²) in [5.74, 6) is 1.32. The second kappa shape index (κ2) is 6.58. The Kier molecular flexibility index (Phi) is 4.56. The topological polar surface area (TPSA) is 34.1 Å². The van der Waals surface area contributed by atoms with E-state index in [-0.39, 0.29) is 0 Å². The Bertz CT molecular complexity index is 609. The zero-order valence-electron chi connectivity index (χ0n) is 12.7. The van der Waals surface area contributed by atoms with E-state index in [0.29, 0.717) is 5.92 Å². The molecule has 4 heteroatoms. The van der Waals surface area contributed by atoms with Crippen molar-refractivity contribution in [3.63, 3.8) is 0 Å². The molecule has 1 aliphatic rings. The molecule has 3 rings (SSSR count). The minimum absolute atomic E-state index is 0.302. The van der Waals surface area contributed by atoms with Gasteiger partial charge in [-0.1, -0.05) is 32.0 Å². The van der Waals surface area contributed by atoms with E-state index < -0.39 is 0 Å². The molecule has 2 heterocycles. The number of aromatic nitrogens is 1. The predicted molar refractivity (Wildman–Crippen MR) is 87.3 cm³/mol. The highest BCUT2D eigenvalue weighted by Gasteiger charge is 2.28. The van der Waals surface area contributed by atoms with E-state index in [1.807, 2.05) is 23.5 Å². The summed E-state index contributed by atoms with van der Waals surface area (Å²) >= 11 is 1.84. The Morgan fingerprint density at radius 1 is 1.33 bits per heavy atom. The van der Waals surface area contributed by atoms with E-state index in [9.17, 15) is 0 Å². The zero-order valence-corrected chi connectivity index (χ0v) is 13.5. The van der Waals surface area contributed by atoms with Gasteiger partial charge in [-0.2, -0.15) is 0 Å². The number of hydrogen-bond donors (Lipinski definition) is 1. The van der Waals surface area contributed by atoms with Crippen molar-refractivity contribution < 1.29 is 4.74 Å². The smallest absolute Gasteiger partial charge is 0.123 e. The zero-order chi connectivity index (χ0) is 14.7. The van der Waals surface area contributed by atoms with Crippen molar-refractivity contribution in [2.75, 3.05) is 13.2 Å². The highest BCUT2D eigenvalue weighted by atomic mass is 32.1. The molecule has 0 radical (unpaired) electrons. The predicted octanol–water partition coefficient (Wildman–Crippen LogP) is 3.73. The number of nitrogens with zero attached hydrogens (tertiary/aromatic N) is 1. The van der Waals surface area contributed by atoms with Crippen molar-refractivity contribution in [2.24, 2.45) is 0 Å². The summed E-state index contributed by atoms with van der Waals surface area (Å²) < 4.78 is 5.80. The van der Waals surface area contributed by atoms with Gasteiger partial charge in [0.1, 0.15) is 17.4 Å². The fourth-order valence-electron chi connectivity index (χ4n) is 2.71. The maximum Gasteiger partial charge on any atom is 0.123 e. The summed E-state index contributed by atoms with van der Waals surface area (Å²) in [6, 6.07) is 8.32. The largest absolute Gasteiger partial charge is 0.492 e. The van der Waals surface area contributed by atoms with Gasteiger partial charge in [-0.25, -0.2) is 4.98 Å². The lowest BCUT2D eigenvalue weighted by molar-refractivity contribution is 0.343. The number of hydrogen-bond acceptors (Lipinski definition) is 4. The third kappa shape index (κ3) is 2.97. The van der Waals surface area contributed by atoms with Crippen LogP contribution in [0.5, 0.6) is 5.75 Å². The van der Waals surface area contributed by atoms with Crippen molar-refractivity contribution in [3.05, 3.63) is 45.4 Å². The molecule has 0 saturated carbocycles. The molecular weight excluding hydrogens is 280 g/mol. The van der Waals surface area contributed by atoms with Crippen LogP contribution in [0.3, 0.4) is 0 Å². The van der Waals surface area contributed by atoms with Gasteiger partial charge in [-0.05, 0) is 25.5 Å². The lowest BCUT2D eigenvalue weighted by Gasteiger charge is -2.03. The summed E-state index contributed by atoms with van der Waals surface area (Å²) in [7, 11) is 0. The summed E-state index contributed by atoms with van der Waals surface area (Å²) in [6.45, 7) is 7.09. The minimum atomic E-state index is 0.302. The second-order valence-corrected chi connectivity index (χ2v) is 6.47. The third-order valence-corrected chi connectivity index (χ3v) is 5.05. The normalized spacial score (nSPS) is 16.8. The number of fused-ring (bicyclic) bond motifs is 1. The number of ether oxygens (including phenoxy) is 1. The first-order valence-electron chi connectivity index (χ1n) is 7.74. The average molecular weight is 302 g/mol. The Balaban J connectivity index is 1.83. The molecule has 0 bridgehead atoms. The van der Waals surface area contributed by atoms with Crippen LogP contribution in [0, 0.1) is 0 Å². The number of aryl methyl sites for hydroxylation is 1. The van der Waals surface area contributed by atoms with Crippen LogP contribution in [0.25, 0.3) is 0 Å². The van der Waals surface area contributed by atoms with Gasteiger partial charge in [0.15, 0.2) is 0 Å². The van der Waals surface area contributed by atoms with E-state index in [2.05, 4.69) is 31.3 Å². The first-order valence-corrected chi connectivity index (χ1v) is 8.56. The van der Waals surface area contributed by atoms with Crippen molar-refractivity contribution in [2.45, 2.75) is 39.2 Å². The second-order valence-electron chi connectivity index (χ2n) is 5.35. The van der Waals surface area contributed by atoms with Gasteiger partial charge < -0.3 is 10.1 Å². The Morgan fingerprint density at radius 2 is 2.19 bits per heavy atom. The molecule has 2 aromatic rings. The lowest BCUT2D eigenvalue weighted by atomic mass is 10.0. The SMILES string of the molecule is CCCNCc1sc(C2COc3ccccc32)nc1CC. The standard InChI is InChI=1S/C17H22N2OS/c1-3-9-18-10-16-14(4-2)19-17(21-16)13-11-20-15-8-6-5-7-12(13)15/h5-8,13,18H,3-4,9-11H2,1-2H3. The van der Waals surface area contributed by atoms with Gasteiger partial charge in [0, 0.05) is 17.0 Å². The highest BCUT2D eigenvalue weighted by Crippen LogP contribution is 2.39. The Hall–Kier alpha value is -1.39. The molecule has 1 N–H and O–H groups in total. The summed E-state index contributed by atoms with van der Waals surface area (Å²) in [5, 5.41) is 4.69. The Morgan fingerprint density at radius 3 is 3.00 bits per heavy atom. The first-order chi connectivity index (χ1) is 10.3. The van der Waals surface area contributed by atoms with E-state index in [0.717, 1.165) is 38.3 Å². The van der Waals surface area contributed by atoms with Crippen LogP contribution in [-0.2, 0) is 13.0 Å². The molecule has 0 spiro atoms. The number of nitrogens with one attached hydrogen (secondary N) is 1. The highest BCUT2D eigenvalue weighted by molar-refractivity contribution is 7.11. The van der Waals surface area contributed by atoms with Crippen LogP contribution in [0.4, 0.5) is 0 Å². The van der Waals surface area contributed by atoms with Gasteiger partial charge in [0.25, 0.3) is 0 Å². The van der Waals surface area contributed by atoms with E-state index in [1.54, 1.807) is 0 Å². The number of rotatable bonds is 6. The van der Waals surface area contributed by atoms with Crippen LogP contribution >= 0.6 is 11.3 Å². The number of thiazole rings is 1. The quantitative estimate of drug-likeness (QED) is 0.826. The molecule has 1 aliphatic heterocycles. The molecule has 1 unspecified atom stereocenters. The molecule has 0 fully saturated rings. The molecule has 1 aromatic heterocycles. The maximum absolute atomic E-state index is 5.80. The molecular formula is C17H22N2OS. The Labute approximate surface area is 130 Å². The lowest BCUT2D eigenvalue weighted by Crippen LogP contribution is -2.13. The van der Waals surface area contributed by atoms with E-state index >= 15 is 0 Å². The van der Waals surface area contributed by atoms with Crippen molar-refractivity contribution in [3.8, 4) is 5.75 Å². The monoisotopic (exact) mass is 302 g/mol. The first kappa shape index (κ1) is 14.5. The maximum atomic E-state index is 5.80. The molecule has 21 heavy (non-hydrogen) atoms. The van der Waals surface area contributed by atoms with E-state index in [4.69, 9.17) is 9.72 Å². The van der Waals surface area contributed by atoms with Crippen LogP contribution < -0.4 is 10.1 Å². The fraction of sp³-hybridized carbons (Fsp3) is 0.471. The number of para-hydroxylation sites is 1.